The Balaban J connectivity index is 1.13. The highest BCUT2D eigenvalue weighted by molar-refractivity contribution is 9.10. The van der Waals surface area contributed by atoms with Gasteiger partial charge in [-0.2, -0.15) is 0 Å². The standard InChI is InChI=1S/C48H56BrN/c1-29(2)10-8-11-30(3)41-19-20-42-37-18-17-35-27-39-40(28-48(35,5)43(37)22-23-47(41,42)4)46(34-14-9-15-36(49)25-34)50-44-21-16-33-24-31-12-6-7-13-32(31)26-38(33)45(39)44/h6-7,9,12-16,21,24-26,29-30,35,37,41-43H,8,10-11,17-20,22-23,27-28H2,1-5H3/t30-,35?,37+,41-,42+,43+,47-,48+/m1/s1. The number of aromatic nitrogens is 1. The lowest BCUT2D eigenvalue weighted by Crippen LogP contribution is -2.54. The van der Waals surface area contributed by atoms with Gasteiger partial charge in [-0.1, -0.05) is 112 Å². The van der Waals surface area contributed by atoms with Gasteiger partial charge in [-0.3, -0.25) is 0 Å². The molecule has 3 fully saturated rings. The smallest absolute Gasteiger partial charge is 0.0745 e. The fourth-order valence-corrected chi connectivity index (χ4v) is 13.4. The van der Waals surface area contributed by atoms with E-state index in [1.807, 2.05) is 0 Å². The van der Waals surface area contributed by atoms with Crippen LogP contribution >= 0.6 is 15.9 Å². The third kappa shape index (κ3) is 5.23. The molecule has 260 valence electrons. The lowest BCUT2D eigenvalue weighted by atomic mass is 9.44. The van der Waals surface area contributed by atoms with E-state index < -0.39 is 0 Å². The van der Waals surface area contributed by atoms with E-state index in [1.165, 1.54) is 109 Å². The van der Waals surface area contributed by atoms with Gasteiger partial charge in [0.25, 0.3) is 0 Å². The molecule has 9 rings (SSSR count). The molecule has 1 nitrogen and oxygen atoms in total. The first-order valence-corrected chi connectivity index (χ1v) is 21.0. The topological polar surface area (TPSA) is 12.9 Å². The first-order valence-electron chi connectivity index (χ1n) is 20.2. The summed E-state index contributed by atoms with van der Waals surface area (Å²) in [5, 5.41) is 6.80. The summed E-state index contributed by atoms with van der Waals surface area (Å²) in [6.45, 7) is 12.9. The Morgan fingerprint density at radius 1 is 0.760 bits per heavy atom. The van der Waals surface area contributed by atoms with Crippen LogP contribution in [0.5, 0.6) is 0 Å². The van der Waals surface area contributed by atoms with Crippen LogP contribution in [0.1, 0.15) is 104 Å². The van der Waals surface area contributed by atoms with Crippen LogP contribution < -0.4 is 0 Å². The van der Waals surface area contributed by atoms with E-state index in [4.69, 9.17) is 4.98 Å². The van der Waals surface area contributed by atoms with E-state index in [0.29, 0.717) is 10.8 Å². The van der Waals surface area contributed by atoms with E-state index in [1.54, 1.807) is 11.1 Å². The molecule has 1 unspecified atom stereocenters. The second-order valence-electron chi connectivity index (χ2n) is 18.4. The molecule has 0 amide bonds. The van der Waals surface area contributed by atoms with Crippen LogP contribution in [0.15, 0.2) is 77.3 Å². The van der Waals surface area contributed by atoms with Crippen molar-refractivity contribution in [2.24, 2.45) is 52.3 Å². The van der Waals surface area contributed by atoms with Crippen molar-refractivity contribution in [3.05, 3.63) is 88.4 Å². The Kier molecular flexibility index (Phi) is 8.26. The summed E-state index contributed by atoms with van der Waals surface area (Å²) in [5.41, 5.74) is 7.66. The average molecular weight is 727 g/mol. The van der Waals surface area contributed by atoms with E-state index in [-0.39, 0.29) is 0 Å². The molecule has 4 aliphatic rings. The summed E-state index contributed by atoms with van der Waals surface area (Å²) in [6.07, 6.45) is 15.3. The number of rotatable bonds is 6. The third-order valence-electron chi connectivity index (χ3n) is 15.4. The van der Waals surface area contributed by atoms with Gasteiger partial charge in [0.15, 0.2) is 0 Å². The number of nitrogens with zero attached hydrogens (tertiary/aromatic N) is 1. The minimum Gasteiger partial charge on any atom is -0.247 e. The van der Waals surface area contributed by atoms with Gasteiger partial charge in [-0.05, 0) is 167 Å². The van der Waals surface area contributed by atoms with Crippen LogP contribution in [0.25, 0.3) is 43.7 Å². The average Bonchev–Trinajstić information content (AvgIpc) is 3.46. The number of fused-ring (bicyclic) bond motifs is 11. The highest BCUT2D eigenvalue weighted by Crippen LogP contribution is 2.68. The molecule has 0 bridgehead atoms. The Labute approximate surface area is 309 Å². The zero-order valence-electron chi connectivity index (χ0n) is 31.1. The normalized spacial score (nSPS) is 31.1. The molecule has 4 aromatic carbocycles. The maximum Gasteiger partial charge on any atom is 0.0745 e. The second kappa shape index (κ2) is 12.5. The lowest BCUT2D eigenvalue weighted by molar-refractivity contribution is -0.103. The van der Waals surface area contributed by atoms with Crippen molar-refractivity contribution in [1.29, 1.82) is 0 Å². The van der Waals surface area contributed by atoms with Crippen LogP contribution in [0, 0.1) is 52.3 Å². The van der Waals surface area contributed by atoms with Gasteiger partial charge in [-0.15, -0.1) is 0 Å². The van der Waals surface area contributed by atoms with E-state index in [2.05, 4.69) is 123 Å². The molecule has 0 N–H and O–H groups in total. The van der Waals surface area contributed by atoms with Gasteiger partial charge in [0.05, 0.1) is 11.2 Å². The molecular weight excluding hydrogens is 670 g/mol. The molecule has 1 aromatic heterocycles. The van der Waals surface area contributed by atoms with E-state index in [9.17, 15) is 0 Å². The van der Waals surface area contributed by atoms with Crippen LogP contribution in [-0.4, -0.2) is 4.98 Å². The van der Waals surface area contributed by atoms with Crippen molar-refractivity contribution in [2.75, 3.05) is 0 Å². The number of hydrogen-bond donors (Lipinski definition) is 0. The maximum absolute atomic E-state index is 5.61. The highest BCUT2D eigenvalue weighted by Gasteiger charge is 2.60. The molecule has 5 aromatic rings. The van der Waals surface area contributed by atoms with Gasteiger partial charge >= 0.3 is 0 Å². The summed E-state index contributed by atoms with van der Waals surface area (Å²) in [5.74, 6) is 5.98. The van der Waals surface area contributed by atoms with Crippen molar-refractivity contribution >= 4 is 48.4 Å². The molecule has 0 radical (unpaired) electrons. The maximum atomic E-state index is 5.61. The fourth-order valence-electron chi connectivity index (χ4n) is 13.0. The highest BCUT2D eigenvalue weighted by atomic mass is 79.9. The predicted molar refractivity (Wildman–Crippen MR) is 217 cm³/mol. The monoisotopic (exact) mass is 725 g/mol. The zero-order valence-corrected chi connectivity index (χ0v) is 32.7. The van der Waals surface area contributed by atoms with Crippen molar-refractivity contribution in [3.8, 4) is 11.3 Å². The first-order chi connectivity index (χ1) is 24.1. The Morgan fingerprint density at radius 3 is 2.36 bits per heavy atom. The minimum absolute atomic E-state index is 0.325. The largest absolute Gasteiger partial charge is 0.247 e. The summed E-state index contributed by atoms with van der Waals surface area (Å²) in [7, 11) is 0. The number of benzene rings is 4. The number of pyridine rings is 1. The quantitative estimate of drug-likeness (QED) is 0.125. The molecule has 3 saturated carbocycles. The van der Waals surface area contributed by atoms with Gasteiger partial charge in [0.2, 0.25) is 0 Å². The SMILES string of the molecule is CC(C)CCC[C@@H](C)[C@H]1CC[C@H]2[C@@H]3CCC4Cc5c(c(-c6cccc(Br)c6)nc6ccc7cc8ccccc8cc7c56)C[C@]4(C)[C@H]3CC[C@]12C. The summed E-state index contributed by atoms with van der Waals surface area (Å²) >= 11 is 3.81. The molecule has 50 heavy (non-hydrogen) atoms. The molecule has 1 heterocycles. The van der Waals surface area contributed by atoms with Crippen molar-refractivity contribution < 1.29 is 0 Å². The Morgan fingerprint density at radius 2 is 1.56 bits per heavy atom. The first kappa shape index (κ1) is 33.1. The lowest BCUT2D eigenvalue weighted by Gasteiger charge is -2.61. The van der Waals surface area contributed by atoms with Gasteiger partial charge in [0, 0.05) is 15.4 Å². The molecule has 0 saturated heterocycles. The predicted octanol–water partition coefficient (Wildman–Crippen LogP) is 14.0. The molecule has 4 aliphatic carbocycles. The summed E-state index contributed by atoms with van der Waals surface area (Å²) in [6, 6.07) is 27.3. The van der Waals surface area contributed by atoms with Crippen molar-refractivity contribution in [1.82, 2.24) is 4.98 Å². The van der Waals surface area contributed by atoms with E-state index in [0.717, 1.165) is 51.4 Å². The summed E-state index contributed by atoms with van der Waals surface area (Å²) < 4.78 is 1.13. The second-order valence-corrected chi connectivity index (χ2v) is 19.3. The summed E-state index contributed by atoms with van der Waals surface area (Å²) in [4.78, 5) is 5.61. The van der Waals surface area contributed by atoms with E-state index >= 15 is 0 Å². The number of hydrogen-bond acceptors (Lipinski definition) is 1. The van der Waals surface area contributed by atoms with Crippen molar-refractivity contribution in [2.45, 2.75) is 105 Å². The third-order valence-corrected chi connectivity index (χ3v) is 15.9. The molecule has 0 spiro atoms. The van der Waals surface area contributed by atoms with Crippen LogP contribution in [-0.2, 0) is 12.8 Å². The zero-order chi connectivity index (χ0) is 34.4. The van der Waals surface area contributed by atoms with Crippen LogP contribution in [0.3, 0.4) is 0 Å². The molecular formula is C48H56BrN. The van der Waals surface area contributed by atoms with Crippen molar-refractivity contribution in [3.63, 3.8) is 0 Å². The molecule has 8 atom stereocenters. The van der Waals surface area contributed by atoms with Crippen LogP contribution in [0.2, 0.25) is 0 Å². The number of halogens is 1. The van der Waals surface area contributed by atoms with Crippen LogP contribution in [0.4, 0.5) is 0 Å². The van der Waals surface area contributed by atoms with Gasteiger partial charge < -0.3 is 0 Å². The molecule has 0 aliphatic heterocycles. The Hall–Kier alpha value is -2.71. The van der Waals surface area contributed by atoms with Gasteiger partial charge in [-0.25, -0.2) is 4.98 Å². The van der Waals surface area contributed by atoms with Gasteiger partial charge in [0.1, 0.15) is 0 Å². The Bertz CT molecular complexity index is 2090. The minimum atomic E-state index is 0.325. The molecule has 2 heteroatoms. The fraction of sp³-hybridized carbons (Fsp3) is 0.521.